The van der Waals surface area contributed by atoms with E-state index in [1.807, 2.05) is 26.2 Å². The summed E-state index contributed by atoms with van der Waals surface area (Å²) in [5.74, 6) is -1.57. The molecule has 4 N–H and O–H groups in total. The number of carboxylic acid groups (broad SMARTS) is 1. The lowest BCUT2D eigenvalue weighted by atomic mass is 9.62. The second kappa shape index (κ2) is 16.9. The van der Waals surface area contributed by atoms with Crippen molar-refractivity contribution in [3.05, 3.63) is 65.2 Å². The molecular formula is C41H48N2O15. The number of esters is 1. The number of para-hydroxylation sites is 2. The van der Waals surface area contributed by atoms with Gasteiger partial charge in [-0.2, -0.15) is 0 Å². The van der Waals surface area contributed by atoms with Crippen molar-refractivity contribution in [1.82, 2.24) is 4.90 Å². The third-order valence-electron chi connectivity index (χ3n) is 11.3. The van der Waals surface area contributed by atoms with Crippen LogP contribution >= 0.6 is 0 Å². The normalized spacial score (nSPS) is 27.0. The van der Waals surface area contributed by atoms with Crippen molar-refractivity contribution in [2.24, 2.45) is 11.8 Å². The minimum Gasteiger partial charge on any atom is -0.493 e. The Morgan fingerprint density at radius 3 is 2.17 bits per heavy atom. The smallest absolute Gasteiger partial charge is 0.419 e. The number of cyclic esters (lactones) is 1. The van der Waals surface area contributed by atoms with Crippen molar-refractivity contribution in [2.45, 2.75) is 61.8 Å². The number of rotatable bonds is 13. The van der Waals surface area contributed by atoms with Crippen molar-refractivity contribution >= 4 is 23.7 Å². The Labute approximate surface area is 334 Å². The molecule has 0 bridgehead atoms. The largest absolute Gasteiger partial charge is 0.493 e. The fraction of sp³-hybridized carbons (Fsp3) is 0.488. The summed E-state index contributed by atoms with van der Waals surface area (Å²) in [6.07, 6.45) is -7.36. The van der Waals surface area contributed by atoms with Crippen molar-refractivity contribution in [1.29, 1.82) is 0 Å². The molecule has 1 aliphatic carbocycles. The Morgan fingerprint density at radius 1 is 0.845 bits per heavy atom. The third kappa shape index (κ3) is 7.67. The maximum atomic E-state index is 13.8. The predicted molar refractivity (Wildman–Crippen MR) is 203 cm³/mol. The number of methoxy groups -OCH3 is 2. The van der Waals surface area contributed by atoms with Crippen LogP contribution in [0.15, 0.2) is 48.5 Å². The number of carboxylic acids is 1. The Kier molecular flexibility index (Phi) is 11.9. The number of unbranched alkanes of at least 4 members (excludes halogenated alkanes) is 1. The Balaban J connectivity index is 1.19. The Bertz CT molecular complexity index is 2000. The molecule has 9 atom stereocenters. The van der Waals surface area contributed by atoms with Gasteiger partial charge in [-0.25, -0.2) is 9.59 Å². The number of aliphatic carboxylic acids is 1. The molecule has 3 unspecified atom stereocenters. The summed E-state index contributed by atoms with van der Waals surface area (Å²) in [5.41, 5.74) is 2.74. The molecule has 7 rings (SSSR count). The van der Waals surface area contributed by atoms with Crippen LogP contribution in [-0.2, 0) is 19.1 Å². The zero-order chi connectivity index (χ0) is 41.4. The van der Waals surface area contributed by atoms with Gasteiger partial charge >= 0.3 is 18.0 Å². The summed E-state index contributed by atoms with van der Waals surface area (Å²) in [7, 11) is 8.31. The fourth-order valence-corrected chi connectivity index (χ4v) is 8.38. The molecule has 3 heterocycles. The molecule has 2 fully saturated rings. The predicted octanol–water partition coefficient (Wildman–Crippen LogP) is 3.09. The van der Waals surface area contributed by atoms with Gasteiger partial charge in [-0.1, -0.05) is 18.6 Å². The Hall–Kier alpha value is -5.33. The first-order valence-electron chi connectivity index (χ1n) is 19.0. The first-order chi connectivity index (χ1) is 27.8. The van der Waals surface area contributed by atoms with E-state index in [-0.39, 0.29) is 59.9 Å². The number of nitrogens with zero attached hydrogens (tertiary/aromatic N) is 2. The highest BCUT2D eigenvalue weighted by atomic mass is 16.7. The number of aliphatic hydroxyl groups is 3. The van der Waals surface area contributed by atoms with Crippen molar-refractivity contribution < 1.29 is 72.7 Å². The maximum absolute atomic E-state index is 13.8. The molecule has 17 nitrogen and oxygen atoms in total. The zero-order valence-corrected chi connectivity index (χ0v) is 32.7. The number of fused-ring (bicyclic) bond motifs is 3. The summed E-state index contributed by atoms with van der Waals surface area (Å²) < 4.78 is 45.9. The van der Waals surface area contributed by atoms with E-state index in [0.717, 1.165) is 41.8 Å². The lowest BCUT2D eigenvalue weighted by Crippen LogP contribution is -2.61. The average molecular weight is 809 g/mol. The van der Waals surface area contributed by atoms with Crippen LogP contribution in [0, 0.1) is 11.8 Å². The molecule has 0 saturated carbocycles. The number of carbonyl (C=O) groups is 3. The summed E-state index contributed by atoms with van der Waals surface area (Å²) in [6.45, 7) is 1.32. The lowest BCUT2D eigenvalue weighted by Gasteiger charge is -2.39. The molecule has 0 radical (unpaired) electrons. The molecule has 3 aromatic carbocycles. The summed E-state index contributed by atoms with van der Waals surface area (Å²) in [4.78, 5) is 42.4. The quantitative estimate of drug-likeness (QED) is 0.144. The molecule has 4 aliphatic rings. The molecule has 3 aromatic rings. The first-order valence-corrected chi connectivity index (χ1v) is 19.0. The number of hydrogen-bond acceptors (Lipinski definition) is 15. The van der Waals surface area contributed by atoms with Gasteiger partial charge in [0.05, 0.1) is 32.4 Å². The van der Waals surface area contributed by atoms with Gasteiger partial charge in [0.15, 0.2) is 29.1 Å². The monoisotopic (exact) mass is 808 g/mol. The standard InChI is InChI=1S/C41H48N2O15/c1-42(2)13-9-8-10-21-22-16-27-28(55-19-54-27)17-23(22)31(32-24(21)18-53-39(32)49)20-14-29(51-4)36(30(15-20)52-5)58-41(50)43(3)25-11-6-7-12-26(25)56-40-35(46)33(44)34(45)37(57-40)38(47)48/h6-7,11-12,14-17,21,24,31-35,37,40,44-46H,8-10,13,18-19H2,1-5H3,(H,47,48)/t21?,24-,31-,32+,33?,34-,35-,37?,40-/m1/s1. The number of amides is 1. The van der Waals surface area contributed by atoms with E-state index >= 15 is 0 Å². The topological polar surface area (TPSA) is 212 Å². The van der Waals surface area contributed by atoms with Crippen LogP contribution in [0.4, 0.5) is 10.5 Å². The van der Waals surface area contributed by atoms with Crippen LogP contribution < -0.4 is 33.3 Å². The summed E-state index contributed by atoms with van der Waals surface area (Å²) in [5, 5.41) is 40.4. The van der Waals surface area contributed by atoms with Crippen LogP contribution in [0.25, 0.3) is 0 Å². The van der Waals surface area contributed by atoms with E-state index in [0.29, 0.717) is 17.1 Å². The van der Waals surface area contributed by atoms with E-state index in [9.17, 15) is 34.8 Å². The molecule has 58 heavy (non-hydrogen) atoms. The number of benzene rings is 3. The maximum Gasteiger partial charge on any atom is 0.419 e. The molecule has 2 saturated heterocycles. The summed E-state index contributed by atoms with van der Waals surface area (Å²) in [6, 6.07) is 13.5. The number of aliphatic hydroxyl groups excluding tert-OH is 3. The van der Waals surface area contributed by atoms with E-state index in [2.05, 4.69) is 4.90 Å². The van der Waals surface area contributed by atoms with Gasteiger partial charge in [0.2, 0.25) is 18.8 Å². The van der Waals surface area contributed by atoms with Crippen LogP contribution in [0.2, 0.25) is 0 Å². The van der Waals surface area contributed by atoms with E-state index in [4.69, 9.17) is 37.9 Å². The van der Waals surface area contributed by atoms with Crippen molar-refractivity contribution in [2.75, 3.05) is 60.2 Å². The zero-order valence-electron chi connectivity index (χ0n) is 32.7. The van der Waals surface area contributed by atoms with E-state index in [1.54, 1.807) is 24.3 Å². The molecule has 0 spiro atoms. The molecule has 3 aliphatic heterocycles. The van der Waals surface area contributed by atoms with Gasteiger partial charge in [-0.05, 0) is 92.5 Å². The minimum absolute atomic E-state index is 0.0361. The highest BCUT2D eigenvalue weighted by Gasteiger charge is 2.52. The molecule has 17 heteroatoms. The van der Waals surface area contributed by atoms with Crippen molar-refractivity contribution in [3.63, 3.8) is 0 Å². The van der Waals surface area contributed by atoms with Crippen LogP contribution in [-0.4, -0.2) is 129 Å². The highest BCUT2D eigenvalue weighted by Crippen LogP contribution is 2.57. The van der Waals surface area contributed by atoms with Gasteiger partial charge in [-0.3, -0.25) is 9.69 Å². The number of carbonyl (C=O) groups excluding carboxylic acids is 2. The van der Waals surface area contributed by atoms with Crippen molar-refractivity contribution in [3.8, 4) is 34.5 Å². The molecule has 0 aromatic heterocycles. The van der Waals surface area contributed by atoms with Gasteiger partial charge < -0.3 is 63.2 Å². The first kappa shape index (κ1) is 40.9. The number of anilines is 1. The SMILES string of the molecule is COc1cc([C@@H]2c3cc4c(cc3C(CCCCN(C)C)[C@H]3COC(=O)[C@H]23)OCO4)cc(OC)c1OC(=O)N(C)c1ccccc1O[C@@H]1OC(C(=O)O)[C@H](O)C(O)[C@H]1O. The third-order valence-corrected chi connectivity index (χ3v) is 11.3. The lowest BCUT2D eigenvalue weighted by molar-refractivity contribution is -0.271. The second-order valence-corrected chi connectivity index (χ2v) is 15.0. The van der Waals surface area contributed by atoms with Gasteiger partial charge in [0.1, 0.15) is 24.1 Å². The summed E-state index contributed by atoms with van der Waals surface area (Å²) >= 11 is 0. The fourth-order valence-electron chi connectivity index (χ4n) is 8.38. The van der Waals surface area contributed by atoms with Gasteiger partial charge in [0, 0.05) is 18.9 Å². The van der Waals surface area contributed by atoms with E-state index < -0.39 is 54.6 Å². The van der Waals surface area contributed by atoms with Crippen LogP contribution in [0.1, 0.15) is 47.8 Å². The number of hydrogen-bond donors (Lipinski definition) is 4. The molecular weight excluding hydrogens is 760 g/mol. The molecule has 1 amide bonds. The van der Waals surface area contributed by atoms with Crippen LogP contribution in [0.3, 0.4) is 0 Å². The Morgan fingerprint density at radius 2 is 1.52 bits per heavy atom. The van der Waals surface area contributed by atoms with E-state index in [1.165, 1.54) is 33.4 Å². The van der Waals surface area contributed by atoms with Gasteiger partial charge in [0.25, 0.3) is 0 Å². The minimum atomic E-state index is -1.91. The van der Waals surface area contributed by atoms with Crippen LogP contribution in [0.5, 0.6) is 34.5 Å². The highest BCUT2D eigenvalue weighted by molar-refractivity contribution is 5.91. The number of ether oxygens (including phenoxy) is 8. The van der Waals surface area contributed by atoms with Gasteiger partial charge in [-0.15, -0.1) is 0 Å². The second-order valence-electron chi connectivity index (χ2n) is 15.0. The average Bonchev–Trinajstić information content (AvgIpc) is 3.84. The molecule has 312 valence electrons.